The molecule has 2 N–H and O–H groups in total. The summed E-state index contributed by atoms with van der Waals surface area (Å²) < 4.78 is 0. The largest absolute Gasteiger partial charge is 0.512 e. The quantitative estimate of drug-likeness (QED) is 0.597. The molecule has 0 aromatic carbocycles. The number of aliphatic hydroxyl groups is 1. The summed E-state index contributed by atoms with van der Waals surface area (Å²) >= 11 is 0. The van der Waals surface area contributed by atoms with Crippen LogP contribution in [0.5, 0.6) is 0 Å². The summed E-state index contributed by atoms with van der Waals surface area (Å²) in [5.41, 5.74) is 3.09. The monoisotopic (exact) mass is 263 g/mol. The number of rotatable bonds is 4. The molecule has 19 heavy (non-hydrogen) atoms. The number of hydrogen-bond donors (Lipinski definition) is 2. The van der Waals surface area contributed by atoms with Crippen LogP contribution < -0.4 is 0 Å². The highest BCUT2D eigenvalue weighted by Gasteiger charge is 2.38. The van der Waals surface area contributed by atoms with Crippen molar-refractivity contribution in [1.82, 2.24) is 0 Å². The lowest BCUT2D eigenvalue weighted by Crippen LogP contribution is -2.32. The molecule has 0 aromatic rings. The Kier molecular flexibility index (Phi) is 4.89. The van der Waals surface area contributed by atoms with Crippen molar-refractivity contribution in [2.24, 2.45) is 5.92 Å². The first kappa shape index (κ1) is 15.9. The van der Waals surface area contributed by atoms with Gasteiger partial charge in [0.25, 0.3) is 0 Å². The van der Waals surface area contributed by atoms with E-state index < -0.39 is 11.3 Å². The highest BCUT2D eigenvalue weighted by Crippen LogP contribution is 2.42. The number of allylic oxidation sites excluding steroid dienone is 4. The fourth-order valence-corrected chi connectivity index (χ4v) is 2.59. The predicted molar refractivity (Wildman–Crippen MR) is 78.5 cm³/mol. The van der Waals surface area contributed by atoms with E-state index in [1.54, 1.807) is 6.92 Å². The van der Waals surface area contributed by atoms with Crippen LogP contribution >= 0.6 is 0 Å². The van der Waals surface area contributed by atoms with Gasteiger partial charge in [-0.05, 0) is 31.8 Å². The summed E-state index contributed by atoms with van der Waals surface area (Å²) in [6, 6.07) is 0. The smallest absolute Gasteiger partial charge is 0.301 e. The van der Waals surface area contributed by atoms with E-state index in [1.807, 2.05) is 35.0 Å². The maximum Gasteiger partial charge on any atom is 0.301 e. The minimum atomic E-state index is -0.775. The minimum absolute atomic E-state index is 0.0957. The highest BCUT2D eigenvalue weighted by atomic mass is 16.4. The number of aliphatic hydroxyl groups excluding tert-OH is 1. The molecule has 3 nitrogen and oxygen atoms in total. The van der Waals surface area contributed by atoms with Gasteiger partial charge in [-0.1, -0.05) is 33.3 Å². The lowest BCUT2D eigenvalue weighted by molar-refractivity contribution is -0.140. The molecule has 1 radical (unpaired) electrons. The van der Waals surface area contributed by atoms with E-state index in [2.05, 4.69) is 0 Å². The van der Waals surface area contributed by atoms with E-state index in [0.717, 1.165) is 23.0 Å². The van der Waals surface area contributed by atoms with Crippen LogP contribution in [-0.4, -0.2) is 23.5 Å². The molecule has 0 saturated carbocycles. The summed E-state index contributed by atoms with van der Waals surface area (Å²) in [7, 11) is 1.87. The van der Waals surface area contributed by atoms with E-state index in [9.17, 15) is 15.0 Å². The summed E-state index contributed by atoms with van der Waals surface area (Å²) in [5, 5.41) is 18.7. The van der Waals surface area contributed by atoms with Crippen LogP contribution in [0.1, 0.15) is 53.9 Å². The average Bonchev–Trinajstić information content (AvgIpc) is 2.36. The van der Waals surface area contributed by atoms with Gasteiger partial charge in [0, 0.05) is 11.2 Å². The zero-order chi connectivity index (χ0) is 14.8. The summed E-state index contributed by atoms with van der Waals surface area (Å²) in [6.45, 7) is 9.64. The van der Waals surface area contributed by atoms with Crippen molar-refractivity contribution in [2.75, 3.05) is 0 Å². The van der Waals surface area contributed by atoms with Gasteiger partial charge in [-0.25, -0.2) is 0 Å². The number of carboxylic acid groups (broad SMARTS) is 1. The van der Waals surface area contributed by atoms with Crippen molar-refractivity contribution in [3.8, 4) is 0 Å². The molecule has 0 amide bonds. The second kappa shape index (κ2) is 5.85. The lowest BCUT2D eigenvalue weighted by atomic mass is 9.43. The van der Waals surface area contributed by atoms with Gasteiger partial charge in [-0.2, -0.15) is 0 Å². The van der Waals surface area contributed by atoms with Gasteiger partial charge < -0.3 is 10.2 Å². The first-order valence-corrected chi connectivity index (χ1v) is 6.94. The second-order valence-electron chi connectivity index (χ2n) is 5.89. The first-order chi connectivity index (χ1) is 8.73. The standard InChI is InChI=1S/C15H24BO3/c1-6-12-11(10(4)13(17)9(2)3)7-8-15(5,16-12)14(18)19/h9,17H,6-8H2,1-5H3,(H,18,19)/b13-10+. The fourth-order valence-electron chi connectivity index (χ4n) is 2.59. The molecule has 0 bridgehead atoms. The van der Waals surface area contributed by atoms with Crippen molar-refractivity contribution in [3.63, 3.8) is 0 Å². The van der Waals surface area contributed by atoms with Gasteiger partial charge in [-0.3, -0.25) is 4.79 Å². The molecule has 4 heteroatoms. The van der Waals surface area contributed by atoms with Crippen molar-refractivity contribution >= 4 is 13.2 Å². The number of carbonyl (C=O) groups is 1. The maximum atomic E-state index is 11.3. The van der Waals surface area contributed by atoms with Crippen LogP contribution in [0, 0.1) is 5.92 Å². The number of hydrogen-bond acceptors (Lipinski definition) is 2. The molecular formula is C15H24BO3. The minimum Gasteiger partial charge on any atom is -0.512 e. The zero-order valence-electron chi connectivity index (χ0n) is 12.6. The Morgan fingerprint density at radius 2 is 2.00 bits per heavy atom. The molecule has 105 valence electrons. The highest BCUT2D eigenvalue weighted by molar-refractivity contribution is 6.55. The van der Waals surface area contributed by atoms with Gasteiger partial charge in [0.15, 0.2) is 7.28 Å². The Hall–Kier alpha value is -1.19. The summed E-state index contributed by atoms with van der Waals surface area (Å²) in [6.07, 6.45) is 2.09. The summed E-state index contributed by atoms with van der Waals surface area (Å²) in [5.74, 6) is -0.265. The third-order valence-electron chi connectivity index (χ3n) is 4.03. The molecule has 1 aliphatic rings. The average molecular weight is 263 g/mol. The van der Waals surface area contributed by atoms with Crippen LogP contribution in [0.4, 0.5) is 0 Å². The Labute approximate surface area is 116 Å². The Bertz CT molecular complexity index is 435. The normalized spacial score (nSPS) is 25.2. The van der Waals surface area contributed by atoms with E-state index in [4.69, 9.17) is 0 Å². The van der Waals surface area contributed by atoms with Crippen molar-refractivity contribution in [1.29, 1.82) is 0 Å². The van der Waals surface area contributed by atoms with Crippen LogP contribution in [0.25, 0.3) is 0 Å². The van der Waals surface area contributed by atoms with Crippen LogP contribution in [0.3, 0.4) is 0 Å². The molecule has 0 aromatic heterocycles. The Balaban J connectivity index is 3.18. The first-order valence-electron chi connectivity index (χ1n) is 6.94. The maximum absolute atomic E-state index is 11.3. The molecule has 0 spiro atoms. The molecule has 1 unspecified atom stereocenters. The van der Waals surface area contributed by atoms with Crippen LogP contribution in [0.15, 0.2) is 22.4 Å². The predicted octanol–water partition coefficient (Wildman–Crippen LogP) is 3.90. The van der Waals surface area contributed by atoms with Gasteiger partial charge in [-0.15, -0.1) is 5.47 Å². The summed E-state index contributed by atoms with van der Waals surface area (Å²) in [4.78, 5) is 11.3. The lowest BCUT2D eigenvalue weighted by Gasteiger charge is -2.32. The van der Waals surface area contributed by atoms with E-state index >= 15 is 0 Å². The van der Waals surface area contributed by atoms with Gasteiger partial charge in [0.1, 0.15) is 0 Å². The molecule has 0 fully saturated rings. The van der Waals surface area contributed by atoms with Crippen molar-refractivity contribution in [3.05, 3.63) is 22.4 Å². The van der Waals surface area contributed by atoms with E-state index in [1.165, 1.54) is 0 Å². The van der Waals surface area contributed by atoms with E-state index in [0.29, 0.717) is 18.6 Å². The number of carboxylic acids is 1. The molecule has 1 aliphatic heterocycles. The van der Waals surface area contributed by atoms with E-state index in [-0.39, 0.29) is 5.92 Å². The molecule has 0 aliphatic carbocycles. The molecule has 1 atom stereocenters. The van der Waals surface area contributed by atoms with Crippen molar-refractivity contribution < 1.29 is 15.0 Å². The molecule has 1 rings (SSSR count). The van der Waals surface area contributed by atoms with Crippen LogP contribution in [-0.2, 0) is 4.79 Å². The topological polar surface area (TPSA) is 57.5 Å². The number of aliphatic carboxylic acids is 1. The third kappa shape index (κ3) is 3.23. The van der Waals surface area contributed by atoms with Gasteiger partial charge >= 0.3 is 5.97 Å². The van der Waals surface area contributed by atoms with Crippen molar-refractivity contribution in [2.45, 2.75) is 59.2 Å². The van der Waals surface area contributed by atoms with Gasteiger partial charge in [0.2, 0.25) is 0 Å². The Morgan fingerprint density at radius 3 is 2.42 bits per heavy atom. The Morgan fingerprint density at radius 1 is 1.42 bits per heavy atom. The van der Waals surface area contributed by atoms with Crippen LogP contribution in [0.2, 0.25) is 5.31 Å². The third-order valence-corrected chi connectivity index (χ3v) is 4.03. The SMILES string of the molecule is CCC1=C(/C(C)=C(/O)C(C)C)CCC(C)(C(=O)O)[B]1. The second-order valence-corrected chi connectivity index (χ2v) is 5.89. The fraction of sp³-hybridized carbons (Fsp3) is 0.667. The van der Waals surface area contributed by atoms with Gasteiger partial charge in [0.05, 0.1) is 5.76 Å². The molecule has 1 heterocycles. The zero-order valence-corrected chi connectivity index (χ0v) is 12.6. The molecular weight excluding hydrogens is 239 g/mol. The molecule has 0 saturated heterocycles.